The fourth-order valence-electron chi connectivity index (χ4n) is 3.12. The van der Waals surface area contributed by atoms with Gasteiger partial charge in [-0.15, -0.1) is 0 Å². The van der Waals surface area contributed by atoms with Crippen LogP contribution in [-0.2, 0) is 0 Å². The molecule has 1 saturated heterocycles. The van der Waals surface area contributed by atoms with Gasteiger partial charge in [-0.25, -0.2) is 0 Å². The van der Waals surface area contributed by atoms with Crippen molar-refractivity contribution in [2.75, 3.05) is 33.2 Å². The van der Waals surface area contributed by atoms with Crippen molar-refractivity contribution in [3.05, 3.63) is 29.6 Å². The summed E-state index contributed by atoms with van der Waals surface area (Å²) < 4.78 is 0. The fourth-order valence-corrected chi connectivity index (χ4v) is 3.12. The predicted octanol–water partition coefficient (Wildman–Crippen LogP) is 1.42. The fraction of sp³-hybridized carbons (Fsp3) is 0.667. The second kappa shape index (κ2) is 6.46. The van der Waals surface area contributed by atoms with Crippen molar-refractivity contribution in [2.24, 2.45) is 5.73 Å². The summed E-state index contributed by atoms with van der Waals surface area (Å²) in [5.74, 6) is 0. The first-order valence-electron chi connectivity index (χ1n) is 7.18. The molecule has 0 saturated carbocycles. The average Bonchev–Trinajstić information content (AvgIpc) is 2.54. The maximum absolute atomic E-state index is 6.07. The molecule has 106 valence electrons. The van der Waals surface area contributed by atoms with Crippen LogP contribution < -0.4 is 5.73 Å². The Morgan fingerprint density at radius 1 is 1.47 bits per heavy atom. The van der Waals surface area contributed by atoms with E-state index in [9.17, 15) is 0 Å². The molecule has 0 radical (unpaired) electrons. The van der Waals surface area contributed by atoms with E-state index in [0.29, 0.717) is 12.6 Å². The molecule has 1 aromatic heterocycles. The van der Waals surface area contributed by atoms with E-state index in [4.69, 9.17) is 5.73 Å². The lowest BCUT2D eigenvalue weighted by molar-refractivity contribution is 0.145. The van der Waals surface area contributed by atoms with E-state index in [1.54, 1.807) is 0 Å². The average molecular weight is 262 g/mol. The van der Waals surface area contributed by atoms with Gasteiger partial charge < -0.3 is 10.6 Å². The van der Waals surface area contributed by atoms with E-state index in [0.717, 1.165) is 13.1 Å². The lowest BCUT2D eigenvalue weighted by Gasteiger charge is -2.35. The quantitative estimate of drug-likeness (QED) is 0.895. The molecule has 0 spiro atoms. The number of aryl methyl sites for hydroxylation is 1. The van der Waals surface area contributed by atoms with E-state index >= 15 is 0 Å². The predicted molar refractivity (Wildman–Crippen MR) is 79.1 cm³/mol. The maximum Gasteiger partial charge on any atom is 0.0491 e. The second-order valence-electron chi connectivity index (χ2n) is 5.69. The van der Waals surface area contributed by atoms with Gasteiger partial charge in [0.1, 0.15) is 0 Å². The third kappa shape index (κ3) is 3.32. The Kier molecular flexibility index (Phi) is 4.91. The van der Waals surface area contributed by atoms with Crippen LogP contribution in [0, 0.1) is 6.92 Å². The van der Waals surface area contributed by atoms with Crippen molar-refractivity contribution >= 4 is 0 Å². The largest absolute Gasteiger partial charge is 0.329 e. The summed E-state index contributed by atoms with van der Waals surface area (Å²) >= 11 is 0. The molecule has 0 bridgehead atoms. The monoisotopic (exact) mass is 262 g/mol. The summed E-state index contributed by atoms with van der Waals surface area (Å²) in [6, 6.07) is 2.89. The van der Waals surface area contributed by atoms with Gasteiger partial charge in [-0.1, -0.05) is 0 Å². The van der Waals surface area contributed by atoms with Crippen LogP contribution in [0.1, 0.15) is 30.5 Å². The molecule has 1 aliphatic rings. The minimum Gasteiger partial charge on any atom is -0.329 e. The highest BCUT2D eigenvalue weighted by molar-refractivity contribution is 5.25. The van der Waals surface area contributed by atoms with Crippen LogP contribution in [0.3, 0.4) is 0 Å². The summed E-state index contributed by atoms with van der Waals surface area (Å²) in [5, 5.41) is 0. The lowest BCUT2D eigenvalue weighted by Crippen LogP contribution is -2.43. The molecule has 0 aliphatic carbocycles. The number of hydrogen-bond acceptors (Lipinski definition) is 4. The SMILES string of the molecule is Cc1ccncc1C(CN)N1CCCN(C)CC1C. The molecule has 2 heterocycles. The topological polar surface area (TPSA) is 45.4 Å². The summed E-state index contributed by atoms with van der Waals surface area (Å²) in [5.41, 5.74) is 8.64. The molecular weight excluding hydrogens is 236 g/mol. The first-order chi connectivity index (χ1) is 9.13. The Bertz CT molecular complexity index is 407. The summed E-state index contributed by atoms with van der Waals surface area (Å²) in [7, 11) is 2.20. The Morgan fingerprint density at radius 2 is 2.26 bits per heavy atom. The summed E-state index contributed by atoms with van der Waals surface area (Å²) in [6.07, 6.45) is 5.04. The van der Waals surface area contributed by atoms with E-state index in [1.807, 2.05) is 12.4 Å². The highest BCUT2D eigenvalue weighted by atomic mass is 15.3. The smallest absolute Gasteiger partial charge is 0.0491 e. The molecule has 19 heavy (non-hydrogen) atoms. The van der Waals surface area contributed by atoms with Gasteiger partial charge in [0, 0.05) is 44.1 Å². The number of aromatic nitrogens is 1. The zero-order valence-corrected chi connectivity index (χ0v) is 12.3. The molecule has 4 heteroatoms. The Morgan fingerprint density at radius 3 is 2.95 bits per heavy atom. The van der Waals surface area contributed by atoms with E-state index in [2.05, 4.69) is 41.7 Å². The number of hydrogen-bond donors (Lipinski definition) is 1. The number of rotatable bonds is 3. The number of nitrogens with two attached hydrogens (primary N) is 1. The van der Waals surface area contributed by atoms with E-state index < -0.39 is 0 Å². The molecule has 1 aliphatic heterocycles. The summed E-state index contributed by atoms with van der Waals surface area (Å²) in [4.78, 5) is 9.24. The molecule has 1 fully saturated rings. The molecule has 2 N–H and O–H groups in total. The zero-order chi connectivity index (χ0) is 13.8. The molecule has 2 unspecified atom stereocenters. The zero-order valence-electron chi connectivity index (χ0n) is 12.3. The minimum atomic E-state index is 0.287. The van der Waals surface area contributed by atoms with E-state index in [1.165, 1.54) is 24.1 Å². The number of nitrogens with zero attached hydrogens (tertiary/aromatic N) is 3. The van der Waals surface area contributed by atoms with Crippen LogP contribution in [0.15, 0.2) is 18.5 Å². The van der Waals surface area contributed by atoms with Crippen LogP contribution in [0.25, 0.3) is 0 Å². The van der Waals surface area contributed by atoms with Gasteiger partial charge in [0.05, 0.1) is 0 Å². The Balaban J connectivity index is 2.23. The van der Waals surface area contributed by atoms with Gasteiger partial charge in [0.25, 0.3) is 0 Å². The van der Waals surface area contributed by atoms with Crippen LogP contribution in [-0.4, -0.2) is 54.1 Å². The van der Waals surface area contributed by atoms with Gasteiger partial charge in [-0.05, 0) is 51.1 Å². The van der Waals surface area contributed by atoms with Gasteiger partial charge >= 0.3 is 0 Å². The molecule has 0 amide bonds. The normalized spacial score (nSPS) is 24.1. The van der Waals surface area contributed by atoms with Crippen LogP contribution in [0.2, 0.25) is 0 Å². The highest BCUT2D eigenvalue weighted by Crippen LogP contribution is 2.25. The molecule has 4 nitrogen and oxygen atoms in total. The van der Waals surface area contributed by atoms with Gasteiger partial charge in [-0.3, -0.25) is 9.88 Å². The third-order valence-electron chi connectivity index (χ3n) is 4.16. The molecular formula is C15H26N4. The maximum atomic E-state index is 6.07. The molecule has 1 aromatic rings. The van der Waals surface area contributed by atoms with Crippen LogP contribution in [0.5, 0.6) is 0 Å². The van der Waals surface area contributed by atoms with Gasteiger partial charge in [0.15, 0.2) is 0 Å². The van der Waals surface area contributed by atoms with Crippen molar-refractivity contribution in [3.8, 4) is 0 Å². The van der Waals surface area contributed by atoms with Crippen LogP contribution >= 0.6 is 0 Å². The first-order valence-corrected chi connectivity index (χ1v) is 7.18. The van der Waals surface area contributed by atoms with E-state index in [-0.39, 0.29) is 6.04 Å². The number of pyridine rings is 1. The number of likely N-dealkylation sites (N-methyl/N-ethyl adjacent to an activating group) is 1. The van der Waals surface area contributed by atoms with Crippen molar-refractivity contribution in [2.45, 2.75) is 32.4 Å². The standard InChI is InChI=1S/C15H26N4/c1-12-5-6-17-10-14(12)15(9-16)19-8-4-7-18(3)11-13(19)2/h5-6,10,13,15H,4,7-9,11,16H2,1-3H3. The Labute approximate surface area is 116 Å². The lowest BCUT2D eigenvalue weighted by atomic mass is 10.0. The summed E-state index contributed by atoms with van der Waals surface area (Å²) in [6.45, 7) is 8.49. The van der Waals surface area contributed by atoms with Gasteiger partial charge in [-0.2, -0.15) is 0 Å². The molecule has 2 atom stereocenters. The van der Waals surface area contributed by atoms with Crippen molar-refractivity contribution in [1.29, 1.82) is 0 Å². The third-order valence-corrected chi connectivity index (χ3v) is 4.16. The van der Waals surface area contributed by atoms with Crippen molar-refractivity contribution in [1.82, 2.24) is 14.8 Å². The van der Waals surface area contributed by atoms with Crippen molar-refractivity contribution in [3.63, 3.8) is 0 Å². The minimum absolute atomic E-state index is 0.287. The first kappa shape index (κ1) is 14.4. The highest BCUT2D eigenvalue weighted by Gasteiger charge is 2.27. The Hall–Kier alpha value is -0.970. The molecule has 0 aromatic carbocycles. The van der Waals surface area contributed by atoms with Gasteiger partial charge in [0.2, 0.25) is 0 Å². The second-order valence-corrected chi connectivity index (χ2v) is 5.69. The van der Waals surface area contributed by atoms with Crippen LogP contribution in [0.4, 0.5) is 0 Å². The van der Waals surface area contributed by atoms with Crippen molar-refractivity contribution < 1.29 is 0 Å². The molecule has 2 rings (SSSR count).